The Morgan fingerprint density at radius 1 is 1.38 bits per heavy atom. The molecule has 0 aliphatic carbocycles. The van der Waals surface area contributed by atoms with Gasteiger partial charge in [0, 0.05) is 17.6 Å². The van der Waals surface area contributed by atoms with E-state index in [9.17, 15) is 9.90 Å². The van der Waals surface area contributed by atoms with Crippen LogP contribution in [-0.2, 0) is 4.74 Å². The third kappa shape index (κ3) is 2.45. The van der Waals surface area contributed by atoms with Crippen LogP contribution in [0.3, 0.4) is 0 Å². The minimum absolute atomic E-state index is 0.0750. The van der Waals surface area contributed by atoms with Gasteiger partial charge in [0.05, 0.1) is 24.3 Å². The molecule has 0 radical (unpaired) electrons. The van der Waals surface area contributed by atoms with Crippen molar-refractivity contribution < 1.29 is 14.6 Å². The second-order valence-electron chi connectivity index (χ2n) is 5.87. The number of pyridine rings is 1. The normalized spacial score (nSPS) is 17.9. The maximum absolute atomic E-state index is 11.3. The first-order chi connectivity index (χ1) is 9.99. The lowest BCUT2D eigenvalue weighted by Gasteiger charge is -2.44. The number of nitrogens with zero attached hydrogens (tertiary/aromatic N) is 2. The Bertz CT molecular complexity index is 697. The molecule has 3 rings (SSSR count). The number of para-hydroxylation sites is 1. The first-order valence-electron chi connectivity index (χ1n) is 6.97. The van der Waals surface area contributed by atoms with Crippen LogP contribution in [0.4, 0.5) is 5.69 Å². The number of benzene rings is 1. The second kappa shape index (κ2) is 5.00. The van der Waals surface area contributed by atoms with E-state index in [2.05, 4.69) is 23.7 Å². The molecule has 1 aliphatic heterocycles. The predicted molar refractivity (Wildman–Crippen MR) is 80.9 cm³/mol. The average molecular weight is 286 g/mol. The van der Waals surface area contributed by atoms with Crippen molar-refractivity contribution >= 4 is 22.6 Å². The number of carboxylic acids is 1. The van der Waals surface area contributed by atoms with Gasteiger partial charge in [0.25, 0.3) is 0 Å². The summed E-state index contributed by atoms with van der Waals surface area (Å²) in [4.78, 5) is 17.8. The fourth-order valence-electron chi connectivity index (χ4n) is 2.79. The van der Waals surface area contributed by atoms with Crippen molar-refractivity contribution in [1.82, 2.24) is 4.98 Å². The van der Waals surface area contributed by atoms with Crippen molar-refractivity contribution in [3.63, 3.8) is 0 Å². The fourth-order valence-corrected chi connectivity index (χ4v) is 2.79. The van der Waals surface area contributed by atoms with Crippen LogP contribution < -0.4 is 4.90 Å². The molecule has 0 bridgehead atoms. The van der Waals surface area contributed by atoms with Crippen LogP contribution >= 0.6 is 0 Å². The molecule has 0 saturated carbocycles. The third-order valence-corrected chi connectivity index (χ3v) is 3.85. The molecule has 110 valence electrons. The molecule has 21 heavy (non-hydrogen) atoms. The van der Waals surface area contributed by atoms with E-state index in [1.54, 1.807) is 6.07 Å². The maximum Gasteiger partial charge on any atom is 0.354 e. The summed E-state index contributed by atoms with van der Waals surface area (Å²) in [6.45, 7) is 6.19. The molecule has 1 N–H and O–H groups in total. The predicted octanol–water partition coefficient (Wildman–Crippen LogP) is 2.55. The van der Waals surface area contributed by atoms with Crippen LogP contribution in [-0.4, -0.2) is 41.4 Å². The summed E-state index contributed by atoms with van der Waals surface area (Å²) in [7, 11) is 0. The van der Waals surface area contributed by atoms with Gasteiger partial charge in [-0.25, -0.2) is 9.78 Å². The quantitative estimate of drug-likeness (QED) is 0.919. The molecule has 1 aromatic heterocycles. The monoisotopic (exact) mass is 286 g/mol. The molecule has 0 unspecified atom stereocenters. The zero-order valence-electron chi connectivity index (χ0n) is 12.2. The Morgan fingerprint density at radius 2 is 2.14 bits per heavy atom. The number of fused-ring (bicyclic) bond motifs is 1. The van der Waals surface area contributed by atoms with E-state index in [-0.39, 0.29) is 11.2 Å². The molecular weight excluding hydrogens is 268 g/mol. The third-order valence-electron chi connectivity index (χ3n) is 3.85. The van der Waals surface area contributed by atoms with Gasteiger partial charge in [-0.05, 0) is 26.0 Å². The molecule has 5 nitrogen and oxygen atoms in total. The number of rotatable bonds is 2. The summed E-state index contributed by atoms with van der Waals surface area (Å²) >= 11 is 0. The number of hydrogen-bond donors (Lipinski definition) is 1. The molecular formula is C16H18N2O3. The van der Waals surface area contributed by atoms with Gasteiger partial charge >= 0.3 is 5.97 Å². The summed E-state index contributed by atoms with van der Waals surface area (Å²) in [6.07, 6.45) is 0. The zero-order valence-corrected chi connectivity index (χ0v) is 12.2. The molecule has 0 spiro atoms. The van der Waals surface area contributed by atoms with Crippen molar-refractivity contribution in [2.24, 2.45) is 0 Å². The average Bonchev–Trinajstić information content (AvgIpc) is 2.46. The molecule has 0 amide bonds. The largest absolute Gasteiger partial charge is 0.477 e. The van der Waals surface area contributed by atoms with Gasteiger partial charge < -0.3 is 14.7 Å². The van der Waals surface area contributed by atoms with E-state index in [4.69, 9.17) is 4.74 Å². The molecule has 1 fully saturated rings. The number of aromatic carboxylic acids is 1. The summed E-state index contributed by atoms with van der Waals surface area (Å²) < 4.78 is 5.55. The lowest BCUT2D eigenvalue weighted by molar-refractivity contribution is 0.0644. The molecule has 1 aliphatic rings. The lowest BCUT2D eigenvalue weighted by atomic mass is 9.99. The van der Waals surface area contributed by atoms with Crippen molar-refractivity contribution in [1.29, 1.82) is 0 Å². The Morgan fingerprint density at radius 3 is 2.86 bits per heavy atom. The van der Waals surface area contributed by atoms with Crippen LogP contribution in [0.15, 0.2) is 30.3 Å². The van der Waals surface area contributed by atoms with Gasteiger partial charge in [-0.15, -0.1) is 0 Å². The van der Waals surface area contributed by atoms with Crippen LogP contribution in [0.25, 0.3) is 10.9 Å². The molecule has 5 heteroatoms. The molecule has 0 atom stereocenters. The van der Waals surface area contributed by atoms with E-state index in [1.807, 2.05) is 24.3 Å². The smallest absolute Gasteiger partial charge is 0.354 e. The minimum Gasteiger partial charge on any atom is -0.477 e. The number of carbonyl (C=O) groups is 1. The standard InChI is InChI=1S/C16H18N2O3/c1-16(2)10-21-8-7-18(16)14-9-13(15(19)20)17-12-6-4-3-5-11(12)14/h3-6,9H,7-8,10H2,1-2H3,(H,19,20). The van der Waals surface area contributed by atoms with E-state index >= 15 is 0 Å². The molecule has 2 aromatic rings. The Balaban J connectivity index is 2.22. The number of carboxylic acid groups (broad SMARTS) is 1. The number of ether oxygens (including phenoxy) is 1. The van der Waals surface area contributed by atoms with Gasteiger partial charge in [0.2, 0.25) is 0 Å². The van der Waals surface area contributed by atoms with Gasteiger partial charge in [-0.3, -0.25) is 0 Å². The topological polar surface area (TPSA) is 62.7 Å². The fraction of sp³-hybridized carbons (Fsp3) is 0.375. The Labute approximate surface area is 123 Å². The lowest BCUT2D eigenvalue weighted by Crippen LogP contribution is -2.53. The van der Waals surface area contributed by atoms with Gasteiger partial charge in [-0.2, -0.15) is 0 Å². The van der Waals surface area contributed by atoms with Crippen LogP contribution in [0, 0.1) is 0 Å². The Hall–Kier alpha value is -2.14. The van der Waals surface area contributed by atoms with Gasteiger partial charge in [0.15, 0.2) is 5.69 Å². The number of hydrogen-bond acceptors (Lipinski definition) is 4. The SMILES string of the molecule is CC1(C)COCCN1c1cc(C(=O)O)nc2ccccc12. The first kappa shape index (κ1) is 13.8. The molecule has 1 saturated heterocycles. The van der Waals surface area contributed by atoms with Gasteiger partial charge in [-0.1, -0.05) is 18.2 Å². The summed E-state index contributed by atoms with van der Waals surface area (Å²) in [5.41, 5.74) is 1.50. The molecule has 1 aromatic carbocycles. The van der Waals surface area contributed by atoms with Crippen LogP contribution in [0.2, 0.25) is 0 Å². The maximum atomic E-state index is 11.3. The van der Waals surface area contributed by atoms with Crippen LogP contribution in [0.5, 0.6) is 0 Å². The second-order valence-corrected chi connectivity index (χ2v) is 5.87. The highest BCUT2D eigenvalue weighted by Gasteiger charge is 2.32. The van der Waals surface area contributed by atoms with Crippen molar-refractivity contribution in [2.45, 2.75) is 19.4 Å². The van der Waals surface area contributed by atoms with Crippen molar-refractivity contribution in [3.05, 3.63) is 36.0 Å². The highest BCUT2D eigenvalue weighted by molar-refractivity contribution is 5.97. The van der Waals surface area contributed by atoms with Crippen molar-refractivity contribution in [2.75, 3.05) is 24.7 Å². The highest BCUT2D eigenvalue weighted by Crippen LogP contribution is 2.33. The Kier molecular flexibility index (Phi) is 3.29. The van der Waals surface area contributed by atoms with Gasteiger partial charge in [0.1, 0.15) is 0 Å². The number of aromatic nitrogens is 1. The summed E-state index contributed by atoms with van der Waals surface area (Å²) in [5.74, 6) is -1.01. The minimum atomic E-state index is -1.01. The first-order valence-corrected chi connectivity index (χ1v) is 6.97. The van der Waals surface area contributed by atoms with Crippen molar-refractivity contribution in [3.8, 4) is 0 Å². The van der Waals surface area contributed by atoms with E-state index in [0.29, 0.717) is 18.7 Å². The number of anilines is 1. The summed E-state index contributed by atoms with van der Waals surface area (Å²) in [5, 5.41) is 10.3. The summed E-state index contributed by atoms with van der Waals surface area (Å²) in [6, 6.07) is 9.31. The number of morpholine rings is 1. The van der Waals surface area contributed by atoms with E-state index < -0.39 is 5.97 Å². The molecule has 2 heterocycles. The van der Waals surface area contributed by atoms with E-state index in [0.717, 1.165) is 17.6 Å². The highest BCUT2D eigenvalue weighted by atomic mass is 16.5. The van der Waals surface area contributed by atoms with E-state index in [1.165, 1.54) is 0 Å². The van der Waals surface area contributed by atoms with Crippen LogP contribution in [0.1, 0.15) is 24.3 Å². The zero-order chi connectivity index (χ0) is 15.0.